The molecule has 0 bridgehead atoms. The predicted octanol–water partition coefficient (Wildman–Crippen LogP) is 2.35. The summed E-state index contributed by atoms with van der Waals surface area (Å²) in [6, 6.07) is 2.47. The molecule has 1 aromatic rings. The van der Waals surface area contributed by atoms with E-state index < -0.39 is 29.1 Å². The third-order valence-electron chi connectivity index (χ3n) is 2.78. The molecule has 0 aliphatic rings. The van der Waals surface area contributed by atoms with E-state index in [1.165, 1.54) is 17.0 Å². The molecule has 23 heavy (non-hydrogen) atoms. The second-order valence-corrected chi connectivity index (χ2v) is 6.33. The fourth-order valence-electron chi connectivity index (χ4n) is 1.59. The number of nitrogens with zero attached hydrogens (tertiary/aromatic N) is 1. The van der Waals surface area contributed by atoms with Gasteiger partial charge in [0.15, 0.2) is 11.5 Å². The molecule has 0 atom stereocenters. The Morgan fingerprint density at radius 2 is 1.91 bits per heavy atom. The van der Waals surface area contributed by atoms with Gasteiger partial charge in [-0.2, -0.15) is 0 Å². The number of phenols is 2. The fraction of sp³-hybridized carbons (Fsp3) is 0.467. The normalized spacial score (nSPS) is 11.0. The third-order valence-corrected chi connectivity index (χ3v) is 3.16. The summed E-state index contributed by atoms with van der Waals surface area (Å²) < 4.78 is 5.18. The minimum Gasteiger partial charge on any atom is -0.504 e. The number of aromatic hydroxyl groups is 2. The first-order chi connectivity index (χ1) is 10.5. The third kappa shape index (κ3) is 5.52. The van der Waals surface area contributed by atoms with Crippen LogP contribution in [-0.2, 0) is 4.74 Å². The number of ether oxygens (including phenoxy) is 1. The van der Waals surface area contributed by atoms with Gasteiger partial charge in [0.1, 0.15) is 5.60 Å². The van der Waals surface area contributed by atoms with Crippen molar-refractivity contribution in [1.82, 2.24) is 10.2 Å². The Balaban J connectivity index is 2.55. The molecular weight excluding hydrogens is 324 g/mol. The summed E-state index contributed by atoms with van der Waals surface area (Å²) in [4.78, 5) is 25.1. The zero-order valence-electron chi connectivity index (χ0n) is 13.5. The summed E-state index contributed by atoms with van der Waals surface area (Å²) in [6.07, 6.45) is -0.493. The Labute approximate surface area is 139 Å². The summed E-state index contributed by atoms with van der Waals surface area (Å²) >= 11 is 5.80. The lowest BCUT2D eigenvalue weighted by atomic mass is 10.2. The first-order valence-corrected chi connectivity index (χ1v) is 7.33. The van der Waals surface area contributed by atoms with Crippen LogP contribution in [0.15, 0.2) is 12.1 Å². The lowest BCUT2D eigenvalue weighted by Crippen LogP contribution is -2.39. The van der Waals surface area contributed by atoms with E-state index in [2.05, 4.69) is 5.32 Å². The van der Waals surface area contributed by atoms with Gasteiger partial charge in [-0.05, 0) is 32.9 Å². The van der Waals surface area contributed by atoms with Crippen molar-refractivity contribution in [3.63, 3.8) is 0 Å². The van der Waals surface area contributed by atoms with Gasteiger partial charge in [0, 0.05) is 20.1 Å². The van der Waals surface area contributed by atoms with Gasteiger partial charge in [0.25, 0.3) is 5.91 Å². The van der Waals surface area contributed by atoms with Crippen LogP contribution in [0.4, 0.5) is 4.79 Å². The van der Waals surface area contributed by atoms with E-state index in [4.69, 9.17) is 16.3 Å². The Kier molecular flexibility index (Phi) is 6.09. The highest BCUT2D eigenvalue weighted by Gasteiger charge is 2.20. The van der Waals surface area contributed by atoms with Crippen LogP contribution < -0.4 is 5.32 Å². The topological polar surface area (TPSA) is 99.1 Å². The van der Waals surface area contributed by atoms with E-state index in [9.17, 15) is 19.8 Å². The molecule has 0 unspecified atom stereocenters. The molecule has 2 amide bonds. The van der Waals surface area contributed by atoms with Gasteiger partial charge in [0.05, 0.1) is 10.6 Å². The maximum atomic E-state index is 12.0. The molecule has 8 heteroatoms. The van der Waals surface area contributed by atoms with Crippen LogP contribution in [-0.4, -0.2) is 52.9 Å². The number of likely N-dealkylation sites (N-methyl/N-ethyl adjacent to an activating group) is 1. The number of benzene rings is 1. The van der Waals surface area contributed by atoms with Crippen LogP contribution in [0.1, 0.15) is 31.1 Å². The highest BCUT2D eigenvalue weighted by atomic mass is 35.5. The van der Waals surface area contributed by atoms with Crippen molar-refractivity contribution in [2.24, 2.45) is 0 Å². The number of hydrogen-bond donors (Lipinski definition) is 3. The van der Waals surface area contributed by atoms with Crippen molar-refractivity contribution in [3.8, 4) is 11.5 Å². The largest absolute Gasteiger partial charge is 0.504 e. The molecule has 3 N–H and O–H groups in total. The van der Waals surface area contributed by atoms with Crippen molar-refractivity contribution in [1.29, 1.82) is 0 Å². The molecule has 7 nitrogen and oxygen atoms in total. The van der Waals surface area contributed by atoms with Crippen molar-refractivity contribution in [3.05, 3.63) is 22.7 Å². The number of nitrogens with one attached hydrogen (secondary N) is 1. The second-order valence-electron chi connectivity index (χ2n) is 5.95. The molecule has 0 spiro atoms. The lowest BCUT2D eigenvalue weighted by Gasteiger charge is -2.24. The summed E-state index contributed by atoms with van der Waals surface area (Å²) in [5.41, 5.74) is -0.562. The highest BCUT2D eigenvalue weighted by molar-refractivity contribution is 6.35. The van der Waals surface area contributed by atoms with Gasteiger partial charge in [-0.3, -0.25) is 4.79 Å². The van der Waals surface area contributed by atoms with Crippen molar-refractivity contribution in [2.75, 3.05) is 20.1 Å². The van der Waals surface area contributed by atoms with Gasteiger partial charge < -0.3 is 25.2 Å². The van der Waals surface area contributed by atoms with Crippen LogP contribution in [0.3, 0.4) is 0 Å². The van der Waals surface area contributed by atoms with E-state index >= 15 is 0 Å². The zero-order chi connectivity index (χ0) is 17.8. The smallest absolute Gasteiger partial charge is 0.410 e. The molecule has 1 aromatic carbocycles. The molecule has 0 saturated carbocycles. The van der Waals surface area contributed by atoms with Crippen molar-refractivity contribution < 1.29 is 24.5 Å². The van der Waals surface area contributed by atoms with Crippen LogP contribution in [0.25, 0.3) is 0 Å². The molecule has 1 rings (SSSR count). The Bertz CT molecular complexity index is 598. The van der Waals surface area contributed by atoms with Crippen LogP contribution in [0.5, 0.6) is 11.5 Å². The number of halogens is 1. The van der Waals surface area contributed by atoms with Gasteiger partial charge >= 0.3 is 6.09 Å². The summed E-state index contributed by atoms with van der Waals surface area (Å²) in [7, 11) is 1.56. The Morgan fingerprint density at radius 1 is 1.30 bits per heavy atom. The molecule has 0 fully saturated rings. The number of phenolic OH excluding ortho intramolecular Hbond substituents is 2. The van der Waals surface area contributed by atoms with Crippen molar-refractivity contribution >= 4 is 23.6 Å². The minimum absolute atomic E-state index is 0.0295. The summed E-state index contributed by atoms with van der Waals surface area (Å²) in [5.74, 6) is -1.48. The maximum absolute atomic E-state index is 12.0. The number of hydrogen-bond acceptors (Lipinski definition) is 5. The number of amides is 2. The molecular formula is C15H21ClN2O5. The van der Waals surface area contributed by atoms with Gasteiger partial charge in [0.2, 0.25) is 0 Å². The maximum Gasteiger partial charge on any atom is 0.410 e. The van der Waals surface area contributed by atoms with Crippen LogP contribution in [0, 0.1) is 0 Å². The van der Waals surface area contributed by atoms with E-state index in [0.717, 1.165) is 0 Å². The first-order valence-electron chi connectivity index (χ1n) is 6.95. The van der Waals surface area contributed by atoms with Crippen LogP contribution in [0.2, 0.25) is 5.02 Å². The Morgan fingerprint density at radius 3 is 2.48 bits per heavy atom. The average molecular weight is 345 g/mol. The Hall–Kier alpha value is -2.15. The predicted molar refractivity (Wildman–Crippen MR) is 86.0 cm³/mol. The lowest BCUT2D eigenvalue weighted by molar-refractivity contribution is 0.0299. The van der Waals surface area contributed by atoms with E-state index in [-0.39, 0.29) is 23.7 Å². The molecule has 128 valence electrons. The number of carbonyl (C=O) groups is 2. The molecule has 0 heterocycles. The minimum atomic E-state index is -0.592. The van der Waals surface area contributed by atoms with E-state index in [1.807, 2.05) is 0 Å². The second kappa shape index (κ2) is 7.41. The average Bonchev–Trinajstić information content (AvgIpc) is 2.42. The van der Waals surface area contributed by atoms with E-state index in [0.29, 0.717) is 0 Å². The van der Waals surface area contributed by atoms with Gasteiger partial charge in [-0.15, -0.1) is 0 Å². The summed E-state index contributed by atoms with van der Waals surface area (Å²) in [5, 5.41) is 21.1. The quantitative estimate of drug-likeness (QED) is 0.728. The molecule has 0 aliphatic carbocycles. The number of rotatable bonds is 4. The molecule has 0 aliphatic heterocycles. The van der Waals surface area contributed by atoms with Gasteiger partial charge in [-0.25, -0.2) is 4.79 Å². The van der Waals surface area contributed by atoms with E-state index in [1.54, 1.807) is 27.8 Å². The zero-order valence-corrected chi connectivity index (χ0v) is 14.3. The number of carbonyl (C=O) groups excluding carboxylic acids is 2. The van der Waals surface area contributed by atoms with Gasteiger partial charge in [-0.1, -0.05) is 11.6 Å². The fourth-order valence-corrected chi connectivity index (χ4v) is 1.84. The highest BCUT2D eigenvalue weighted by Crippen LogP contribution is 2.35. The molecule has 0 radical (unpaired) electrons. The monoisotopic (exact) mass is 344 g/mol. The summed E-state index contributed by atoms with van der Waals surface area (Å²) in [6.45, 7) is 5.70. The van der Waals surface area contributed by atoms with Crippen LogP contribution >= 0.6 is 11.6 Å². The first kappa shape index (κ1) is 18.9. The van der Waals surface area contributed by atoms with Crippen molar-refractivity contribution in [2.45, 2.75) is 26.4 Å². The molecule has 0 aromatic heterocycles. The SMILES string of the molecule is CN(CCNC(=O)c1ccc(O)c(O)c1Cl)C(=O)OC(C)(C)C. The standard InChI is InChI=1S/C15H21ClN2O5/c1-15(2,3)23-14(22)18(4)8-7-17-13(21)9-5-6-10(19)12(20)11(9)16/h5-6,19-20H,7-8H2,1-4H3,(H,17,21). The molecule has 0 saturated heterocycles.